The molecule has 3 atom stereocenters. The van der Waals surface area contributed by atoms with Gasteiger partial charge >= 0.3 is 0 Å². The molecule has 1 amide bonds. The molecule has 1 aromatic heterocycles. The van der Waals surface area contributed by atoms with E-state index in [2.05, 4.69) is 32.2 Å². The Bertz CT molecular complexity index is 777. The number of carbonyl (C=O) groups excluding carboxylic acids is 1. The summed E-state index contributed by atoms with van der Waals surface area (Å²) in [4.78, 5) is 12.4. The van der Waals surface area contributed by atoms with Gasteiger partial charge in [-0.15, -0.1) is 0 Å². The second-order valence-corrected chi connectivity index (χ2v) is 7.05. The minimum Gasteiger partial charge on any atom is -0.464 e. The molecule has 2 aromatic rings. The molecule has 0 radical (unpaired) electrons. The van der Waals surface area contributed by atoms with E-state index in [9.17, 15) is 4.79 Å². The summed E-state index contributed by atoms with van der Waals surface area (Å²) in [6.07, 6.45) is 4.53. The fourth-order valence-corrected chi connectivity index (χ4v) is 4.11. The summed E-state index contributed by atoms with van der Waals surface area (Å²) in [5, 5.41) is 4.27. The molecule has 1 saturated carbocycles. The van der Waals surface area contributed by atoms with Crippen LogP contribution in [-0.2, 0) is 16.0 Å². The fraction of sp³-hybridized carbons (Fsp3) is 0.526. The van der Waals surface area contributed by atoms with Crippen LogP contribution in [0.15, 0.2) is 16.7 Å². The number of fused-ring (bicyclic) bond motifs is 2. The Hall–Kier alpha value is -1.81. The van der Waals surface area contributed by atoms with Gasteiger partial charge in [0.25, 0.3) is 0 Å². The van der Waals surface area contributed by atoms with E-state index in [1.54, 1.807) is 6.26 Å². The third-order valence-corrected chi connectivity index (χ3v) is 5.59. The zero-order chi connectivity index (χ0) is 16.1. The highest BCUT2D eigenvalue weighted by Crippen LogP contribution is 2.38. The maximum Gasteiger partial charge on any atom is 0.224 e. The first-order valence-electron chi connectivity index (χ1n) is 8.42. The van der Waals surface area contributed by atoms with E-state index < -0.39 is 0 Å². The van der Waals surface area contributed by atoms with Crippen molar-refractivity contribution in [3.05, 3.63) is 34.6 Å². The molecule has 2 heterocycles. The van der Waals surface area contributed by atoms with Gasteiger partial charge in [0.1, 0.15) is 5.58 Å². The van der Waals surface area contributed by atoms with Crippen LogP contribution in [0.1, 0.15) is 35.1 Å². The molecule has 4 heteroatoms. The highest BCUT2D eigenvalue weighted by molar-refractivity contribution is 5.92. The summed E-state index contributed by atoms with van der Waals surface area (Å²) in [6, 6.07) is 2.46. The number of hydrogen-bond acceptors (Lipinski definition) is 3. The van der Waals surface area contributed by atoms with Crippen LogP contribution in [0.5, 0.6) is 0 Å². The van der Waals surface area contributed by atoms with Crippen molar-refractivity contribution >= 4 is 16.9 Å². The van der Waals surface area contributed by atoms with Crippen LogP contribution in [0.4, 0.5) is 0 Å². The number of aryl methyl sites for hydroxylation is 3. The van der Waals surface area contributed by atoms with E-state index in [0.717, 1.165) is 41.5 Å². The first-order chi connectivity index (χ1) is 11.0. The van der Waals surface area contributed by atoms with Gasteiger partial charge in [-0.25, -0.2) is 0 Å². The van der Waals surface area contributed by atoms with Gasteiger partial charge in [-0.3, -0.25) is 4.79 Å². The van der Waals surface area contributed by atoms with Crippen LogP contribution in [0.2, 0.25) is 0 Å². The van der Waals surface area contributed by atoms with Gasteiger partial charge in [0.15, 0.2) is 0 Å². The smallest absolute Gasteiger partial charge is 0.224 e. The standard InChI is InChI=1S/C19H23NO3/c1-10-6-11(2)18-13(9-23-19(18)12(10)3)7-17(21)20-15-8-16-14(15)4-5-22-16/h6,9,14-16H,4-5,7-8H2,1-3H3,(H,20,21)/t14-,15-,16+/m1/s1. The lowest BCUT2D eigenvalue weighted by Crippen LogP contribution is -2.53. The minimum atomic E-state index is 0.0840. The quantitative estimate of drug-likeness (QED) is 0.947. The molecule has 2 aliphatic rings. The lowest BCUT2D eigenvalue weighted by atomic mass is 9.76. The number of hydrogen-bond donors (Lipinski definition) is 1. The molecule has 0 spiro atoms. The van der Waals surface area contributed by atoms with Crippen molar-refractivity contribution in [2.24, 2.45) is 5.92 Å². The molecule has 2 fully saturated rings. The number of amides is 1. The Kier molecular flexibility index (Phi) is 3.45. The first-order valence-corrected chi connectivity index (χ1v) is 8.42. The molecule has 1 aliphatic heterocycles. The molecule has 0 bridgehead atoms. The first kappa shape index (κ1) is 14.8. The largest absolute Gasteiger partial charge is 0.464 e. The van der Waals surface area contributed by atoms with Crippen molar-refractivity contribution in [2.75, 3.05) is 6.61 Å². The van der Waals surface area contributed by atoms with Gasteiger partial charge in [0.2, 0.25) is 5.91 Å². The lowest BCUT2D eigenvalue weighted by Gasteiger charge is -2.39. The normalized spacial score (nSPS) is 26.1. The monoisotopic (exact) mass is 313 g/mol. The SMILES string of the molecule is Cc1cc(C)c2c(CC(=O)N[C@@H]3C[C@@H]4OCC[C@@H]43)coc2c1C. The van der Waals surface area contributed by atoms with E-state index in [-0.39, 0.29) is 5.91 Å². The molecule has 1 N–H and O–H groups in total. The molecule has 122 valence electrons. The third-order valence-electron chi connectivity index (χ3n) is 5.59. The highest BCUT2D eigenvalue weighted by atomic mass is 16.5. The van der Waals surface area contributed by atoms with Crippen LogP contribution in [0.3, 0.4) is 0 Å². The zero-order valence-corrected chi connectivity index (χ0v) is 13.9. The van der Waals surface area contributed by atoms with E-state index >= 15 is 0 Å². The number of nitrogens with one attached hydrogen (secondary N) is 1. The second kappa shape index (κ2) is 5.38. The Labute approximate surface area is 136 Å². The Morgan fingerprint density at radius 1 is 1.30 bits per heavy atom. The van der Waals surface area contributed by atoms with E-state index in [1.165, 1.54) is 11.1 Å². The number of carbonyl (C=O) groups is 1. The highest BCUT2D eigenvalue weighted by Gasteiger charge is 2.45. The summed E-state index contributed by atoms with van der Waals surface area (Å²) in [5.41, 5.74) is 5.45. The summed E-state index contributed by atoms with van der Waals surface area (Å²) >= 11 is 0. The third kappa shape index (κ3) is 2.36. The summed E-state index contributed by atoms with van der Waals surface area (Å²) in [7, 11) is 0. The maximum absolute atomic E-state index is 12.4. The van der Waals surface area contributed by atoms with Crippen molar-refractivity contribution < 1.29 is 13.9 Å². The fourth-order valence-electron chi connectivity index (χ4n) is 4.11. The Balaban J connectivity index is 1.51. The van der Waals surface area contributed by atoms with Crippen LogP contribution >= 0.6 is 0 Å². The molecule has 1 aliphatic carbocycles. The molecule has 4 nitrogen and oxygen atoms in total. The van der Waals surface area contributed by atoms with Crippen molar-refractivity contribution in [1.82, 2.24) is 5.32 Å². The molecule has 1 saturated heterocycles. The van der Waals surface area contributed by atoms with Crippen LogP contribution < -0.4 is 5.32 Å². The van der Waals surface area contributed by atoms with E-state index in [1.807, 2.05) is 0 Å². The lowest BCUT2D eigenvalue weighted by molar-refractivity contribution is -0.123. The predicted molar refractivity (Wildman–Crippen MR) is 88.5 cm³/mol. The van der Waals surface area contributed by atoms with Gasteiger partial charge in [-0.05, 0) is 50.3 Å². The number of furan rings is 1. The molecular formula is C19H23NO3. The van der Waals surface area contributed by atoms with Gasteiger partial charge in [0, 0.05) is 29.5 Å². The summed E-state index contributed by atoms with van der Waals surface area (Å²) < 4.78 is 11.4. The summed E-state index contributed by atoms with van der Waals surface area (Å²) in [6.45, 7) is 7.08. The van der Waals surface area contributed by atoms with Gasteiger partial charge in [-0.2, -0.15) is 0 Å². The summed E-state index contributed by atoms with van der Waals surface area (Å²) in [5.74, 6) is 0.604. The van der Waals surface area contributed by atoms with Crippen molar-refractivity contribution in [1.29, 1.82) is 0 Å². The van der Waals surface area contributed by atoms with Gasteiger partial charge in [0.05, 0.1) is 18.8 Å². The van der Waals surface area contributed by atoms with Crippen LogP contribution in [0.25, 0.3) is 11.0 Å². The number of ether oxygens (including phenoxy) is 1. The molecule has 4 rings (SSSR count). The number of rotatable bonds is 3. The van der Waals surface area contributed by atoms with Gasteiger partial charge in [-0.1, -0.05) is 6.07 Å². The zero-order valence-electron chi connectivity index (χ0n) is 13.9. The molecule has 1 aromatic carbocycles. The Morgan fingerprint density at radius 2 is 2.13 bits per heavy atom. The maximum atomic E-state index is 12.4. The van der Waals surface area contributed by atoms with Crippen LogP contribution in [-0.4, -0.2) is 24.7 Å². The molecule has 23 heavy (non-hydrogen) atoms. The van der Waals surface area contributed by atoms with Crippen molar-refractivity contribution in [2.45, 2.75) is 52.2 Å². The number of benzene rings is 1. The van der Waals surface area contributed by atoms with E-state index in [0.29, 0.717) is 24.5 Å². The van der Waals surface area contributed by atoms with Crippen molar-refractivity contribution in [3.8, 4) is 0 Å². The molecule has 0 unspecified atom stereocenters. The topological polar surface area (TPSA) is 51.5 Å². The minimum absolute atomic E-state index is 0.0840. The predicted octanol–water partition coefficient (Wildman–Crippen LogP) is 3.19. The molecular weight excluding hydrogens is 290 g/mol. The van der Waals surface area contributed by atoms with Crippen molar-refractivity contribution in [3.63, 3.8) is 0 Å². The average Bonchev–Trinajstić information content (AvgIpc) is 3.07. The van der Waals surface area contributed by atoms with Gasteiger partial charge < -0.3 is 14.5 Å². The van der Waals surface area contributed by atoms with Crippen LogP contribution in [0, 0.1) is 26.7 Å². The second-order valence-electron chi connectivity index (χ2n) is 7.05. The van der Waals surface area contributed by atoms with E-state index in [4.69, 9.17) is 9.15 Å². The average molecular weight is 313 g/mol. The Morgan fingerprint density at radius 3 is 2.91 bits per heavy atom.